The Kier molecular flexibility index (Phi) is 2.42. The molecule has 1 saturated carbocycles. The predicted octanol–water partition coefficient (Wildman–Crippen LogP) is 3.07. The number of rotatable bonds is 3. The Hall–Kier alpha value is -1.79. The first-order valence-electron chi connectivity index (χ1n) is 6.32. The van der Waals surface area contributed by atoms with Gasteiger partial charge in [0.05, 0.1) is 17.5 Å². The van der Waals surface area contributed by atoms with Crippen molar-refractivity contribution in [3.63, 3.8) is 0 Å². The quantitative estimate of drug-likeness (QED) is 0.894. The second kappa shape index (κ2) is 3.86. The summed E-state index contributed by atoms with van der Waals surface area (Å²) < 4.78 is 0. The van der Waals surface area contributed by atoms with Gasteiger partial charge in [-0.1, -0.05) is 18.2 Å². The van der Waals surface area contributed by atoms with Gasteiger partial charge in [0.15, 0.2) is 0 Å². The van der Waals surface area contributed by atoms with Crippen molar-refractivity contribution < 1.29 is 0 Å². The zero-order valence-corrected chi connectivity index (χ0v) is 10.8. The van der Waals surface area contributed by atoms with Crippen LogP contribution in [0.15, 0.2) is 30.5 Å². The van der Waals surface area contributed by atoms with Gasteiger partial charge in [0, 0.05) is 17.1 Å². The lowest BCUT2D eigenvalue weighted by atomic mass is 9.90. The van der Waals surface area contributed by atoms with Crippen LogP contribution in [0.25, 0.3) is 10.9 Å². The zero-order chi connectivity index (χ0) is 12.8. The highest BCUT2D eigenvalue weighted by atomic mass is 15.1. The van der Waals surface area contributed by atoms with Gasteiger partial charge in [-0.15, -0.1) is 0 Å². The third-order valence-corrected chi connectivity index (χ3v) is 3.97. The fraction of sp³-hybridized carbons (Fsp3) is 0.400. The maximum absolute atomic E-state index is 9.46. The van der Waals surface area contributed by atoms with Crippen LogP contribution in [-0.4, -0.2) is 24.0 Å². The lowest BCUT2D eigenvalue weighted by Crippen LogP contribution is -2.27. The topological polar surface area (TPSA) is 42.8 Å². The summed E-state index contributed by atoms with van der Waals surface area (Å²) >= 11 is 0. The number of para-hydroxylation sites is 1. The minimum Gasteiger partial charge on any atom is -0.361 e. The summed E-state index contributed by atoms with van der Waals surface area (Å²) in [5.74, 6) is 0. The number of nitrogens with zero attached hydrogens (tertiary/aromatic N) is 2. The maximum atomic E-state index is 9.46. The van der Waals surface area contributed by atoms with E-state index in [0.717, 1.165) is 18.4 Å². The van der Waals surface area contributed by atoms with E-state index in [4.69, 9.17) is 0 Å². The number of benzene rings is 1. The largest absolute Gasteiger partial charge is 0.361 e. The first kappa shape index (κ1) is 11.3. The van der Waals surface area contributed by atoms with Crippen molar-refractivity contribution in [2.75, 3.05) is 14.1 Å². The molecular formula is C15H17N3. The summed E-state index contributed by atoms with van der Waals surface area (Å²) in [4.78, 5) is 5.48. The summed E-state index contributed by atoms with van der Waals surface area (Å²) in [5, 5.41) is 10.7. The van der Waals surface area contributed by atoms with Crippen molar-refractivity contribution in [2.24, 2.45) is 5.41 Å². The van der Waals surface area contributed by atoms with Crippen LogP contribution in [0.1, 0.15) is 24.4 Å². The van der Waals surface area contributed by atoms with E-state index in [1.165, 1.54) is 10.9 Å². The molecule has 3 nitrogen and oxygen atoms in total. The van der Waals surface area contributed by atoms with E-state index in [9.17, 15) is 5.26 Å². The van der Waals surface area contributed by atoms with Gasteiger partial charge in [-0.05, 0) is 38.6 Å². The summed E-state index contributed by atoms with van der Waals surface area (Å²) in [6, 6.07) is 11.0. The van der Waals surface area contributed by atoms with Gasteiger partial charge in [0.25, 0.3) is 0 Å². The van der Waals surface area contributed by atoms with Gasteiger partial charge in [-0.3, -0.25) is 0 Å². The van der Waals surface area contributed by atoms with Crippen LogP contribution in [0.4, 0.5) is 0 Å². The van der Waals surface area contributed by atoms with Crippen molar-refractivity contribution in [3.05, 3.63) is 36.0 Å². The van der Waals surface area contributed by atoms with E-state index in [1.54, 1.807) is 0 Å². The molecule has 0 aliphatic heterocycles. The van der Waals surface area contributed by atoms with E-state index < -0.39 is 0 Å². The normalized spacial score (nSPS) is 18.8. The second-order valence-corrected chi connectivity index (χ2v) is 5.42. The molecule has 1 aromatic heterocycles. The van der Waals surface area contributed by atoms with Crippen molar-refractivity contribution in [2.45, 2.75) is 18.9 Å². The molecule has 1 N–H and O–H groups in total. The van der Waals surface area contributed by atoms with E-state index in [0.29, 0.717) is 0 Å². The number of aromatic nitrogens is 1. The molecule has 1 fully saturated rings. The smallest absolute Gasteiger partial charge is 0.0772 e. The summed E-state index contributed by atoms with van der Waals surface area (Å²) in [6.07, 6.45) is 4.07. The van der Waals surface area contributed by atoms with Crippen LogP contribution < -0.4 is 0 Å². The average Bonchev–Trinajstić information content (AvgIpc) is 3.04. The van der Waals surface area contributed by atoms with Crippen LogP contribution in [-0.2, 0) is 0 Å². The molecule has 1 atom stereocenters. The fourth-order valence-electron chi connectivity index (χ4n) is 2.97. The molecule has 3 heteroatoms. The standard InChI is InChI=1S/C15H17N3/c1-18(2)14(15(10-16)7-8-15)12-9-17-13-6-4-3-5-11(12)13/h3-6,9,14,17H,7-8H2,1-2H3. The number of nitrogens with one attached hydrogen (secondary N) is 1. The van der Waals surface area contributed by atoms with Gasteiger partial charge in [0.2, 0.25) is 0 Å². The molecule has 92 valence electrons. The summed E-state index contributed by atoms with van der Waals surface area (Å²) in [6.45, 7) is 0. The Morgan fingerprint density at radius 2 is 2.06 bits per heavy atom. The minimum absolute atomic E-state index is 0.179. The molecule has 0 bridgehead atoms. The molecule has 1 unspecified atom stereocenters. The molecule has 2 aromatic rings. The van der Waals surface area contributed by atoms with Crippen molar-refractivity contribution in [1.29, 1.82) is 5.26 Å². The number of nitriles is 1. The number of hydrogen-bond acceptors (Lipinski definition) is 2. The summed E-state index contributed by atoms with van der Waals surface area (Å²) in [5.41, 5.74) is 2.21. The molecule has 1 aliphatic rings. The molecule has 0 amide bonds. The lowest BCUT2D eigenvalue weighted by Gasteiger charge is -2.28. The van der Waals surface area contributed by atoms with E-state index in [2.05, 4.69) is 54.4 Å². The molecule has 0 spiro atoms. The summed E-state index contributed by atoms with van der Waals surface area (Å²) in [7, 11) is 4.12. The van der Waals surface area contributed by atoms with Gasteiger partial charge < -0.3 is 9.88 Å². The zero-order valence-electron chi connectivity index (χ0n) is 10.8. The molecule has 3 rings (SSSR count). The highest BCUT2D eigenvalue weighted by Crippen LogP contribution is 2.57. The van der Waals surface area contributed by atoms with Crippen LogP contribution >= 0.6 is 0 Å². The fourth-order valence-corrected chi connectivity index (χ4v) is 2.97. The Balaban J connectivity index is 2.14. The second-order valence-electron chi connectivity index (χ2n) is 5.42. The van der Waals surface area contributed by atoms with Crippen molar-refractivity contribution in [1.82, 2.24) is 9.88 Å². The van der Waals surface area contributed by atoms with Gasteiger partial charge >= 0.3 is 0 Å². The van der Waals surface area contributed by atoms with Crippen LogP contribution in [0.5, 0.6) is 0 Å². The van der Waals surface area contributed by atoms with Gasteiger partial charge in [-0.25, -0.2) is 0 Å². The number of aromatic amines is 1. The Labute approximate surface area is 107 Å². The molecule has 0 saturated heterocycles. The Bertz CT molecular complexity index is 614. The molecule has 1 aliphatic carbocycles. The van der Waals surface area contributed by atoms with Crippen LogP contribution in [0, 0.1) is 16.7 Å². The number of hydrogen-bond donors (Lipinski definition) is 1. The monoisotopic (exact) mass is 239 g/mol. The Morgan fingerprint density at radius 1 is 1.33 bits per heavy atom. The SMILES string of the molecule is CN(C)C(c1c[nH]c2ccccc12)C1(C#N)CC1. The van der Waals surface area contributed by atoms with Crippen LogP contribution in [0.2, 0.25) is 0 Å². The highest BCUT2D eigenvalue weighted by molar-refractivity contribution is 5.83. The third kappa shape index (κ3) is 1.53. The molecule has 1 aromatic carbocycles. The predicted molar refractivity (Wildman–Crippen MR) is 72.0 cm³/mol. The number of H-pyrrole nitrogens is 1. The van der Waals surface area contributed by atoms with E-state index >= 15 is 0 Å². The highest BCUT2D eigenvalue weighted by Gasteiger charge is 2.52. The minimum atomic E-state index is -0.186. The molecule has 1 heterocycles. The van der Waals surface area contributed by atoms with E-state index in [1.807, 2.05) is 6.07 Å². The van der Waals surface area contributed by atoms with Gasteiger partial charge in [-0.2, -0.15) is 5.26 Å². The molecule has 0 radical (unpaired) electrons. The first-order chi connectivity index (χ1) is 8.68. The lowest BCUT2D eigenvalue weighted by molar-refractivity contribution is 0.234. The van der Waals surface area contributed by atoms with Crippen LogP contribution in [0.3, 0.4) is 0 Å². The maximum Gasteiger partial charge on any atom is 0.0772 e. The molecule has 18 heavy (non-hydrogen) atoms. The van der Waals surface area contributed by atoms with Crippen molar-refractivity contribution in [3.8, 4) is 6.07 Å². The first-order valence-corrected chi connectivity index (χ1v) is 6.32. The third-order valence-electron chi connectivity index (χ3n) is 3.97. The Morgan fingerprint density at radius 3 is 2.67 bits per heavy atom. The van der Waals surface area contributed by atoms with E-state index in [-0.39, 0.29) is 11.5 Å². The average molecular weight is 239 g/mol. The molecular weight excluding hydrogens is 222 g/mol. The van der Waals surface area contributed by atoms with Gasteiger partial charge in [0.1, 0.15) is 0 Å². The number of fused-ring (bicyclic) bond motifs is 1. The van der Waals surface area contributed by atoms with Crippen molar-refractivity contribution >= 4 is 10.9 Å².